The Bertz CT molecular complexity index is 283. The van der Waals surface area contributed by atoms with Gasteiger partial charge in [0, 0.05) is 17.8 Å². The number of rotatable bonds is 6. The van der Waals surface area contributed by atoms with E-state index in [0.29, 0.717) is 4.83 Å². The molecule has 1 heterocycles. The highest BCUT2D eigenvalue weighted by Crippen LogP contribution is 2.17. The average molecular weight is 274 g/mol. The van der Waals surface area contributed by atoms with E-state index in [-0.39, 0.29) is 0 Å². The zero-order chi connectivity index (χ0) is 11.3. The summed E-state index contributed by atoms with van der Waals surface area (Å²) in [5, 5.41) is 4.16. The van der Waals surface area contributed by atoms with Gasteiger partial charge in [-0.05, 0) is 25.7 Å². The first-order valence-corrected chi connectivity index (χ1v) is 6.55. The summed E-state index contributed by atoms with van der Waals surface area (Å²) >= 11 is 3.71. The summed E-state index contributed by atoms with van der Waals surface area (Å²) in [5.41, 5.74) is 0. The summed E-state index contributed by atoms with van der Waals surface area (Å²) in [7, 11) is 0. The lowest BCUT2D eigenvalue weighted by molar-refractivity contribution is 0.538. The molecular weight excluding hydrogens is 254 g/mol. The fourth-order valence-corrected chi connectivity index (χ4v) is 2.64. The Hall–Kier alpha value is -0.380. The molecule has 0 aliphatic heterocycles. The minimum absolute atomic E-state index is 0.597. The van der Waals surface area contributed by atoms with E-state index in [1.54, 1.807) is 6.33 Å². The highest BCUT2D eigenvalue weighted by atomic mass is 79.9. The summed E-state index contributed by atoms with van der Waals surface area (Å²) in [5.74, 6) is 1.85. The first kappa shape index (κ1) is 12.7. The summed E-state index contributed by atoms with van der Waals surface area (Å²) < 4.78 is 1.97. The van der Waals surface area contributed by atoms with Crippen LogP contribution in [-0.2, 0) is 13.0 Å². The lowest BCUT2D eigenvalue weighted by Gasteiger charge is -2.11. The standard InChI is InChI=1S/C11H20BrN3/c1-4-15-11(13-8-14-15)6-5-10(12)7-9(2)3/h8-10H,4-7H2,1-3H3. The fourth-order valence-electron chi connectivity index (χ4n) is 1.66. The lowest BCUT2D eigenvalue weighted by Crippen LogP contribution is -2.08. The lowest BCUT2D eigenvalue weighted by atomic mass is 10.1. The number of nitrogens with zero attached hydrogens (tertiary/aromatic N) is 3. The third-order valence-electron chi connectivity index (χ3n) is 2.40. The molecule has 0 fully saturated rings. The van der Waals surface area contributed by atoms with Crippen molar-refractivity contribution in [3.8, 4) is 0 Å². The Balaban J connectivity index is 2.36. The van der Waals surface area contributed by atoms with Gasteiger partial charge in [0.05, 0.1) is 0 Å². The van der Waals surface area contributed by atoms with Gasteiger partial charge >= 0.3 is 0 Å². The molecular formula is C11H20BrN3. The minimum Gasteiger partial charge on any atom is -0.250 e. The normalized spacial score (nSPS) is 13.4. The molecule has 86 valence electrons. The maximum atomic E-state index is 4.27. The van der Waals surface area contributed by atoms with Crippen molar-refractivity contribution in [3.63, 3.8) is 0 Å². The molecule has 0 saturated carbocycles. The second-order valence-corrected chi connectivity index (χ2v) is 5.55. The summed E-state index contributed by atoms with van der Waals surface area (Å²) in [6.07, 6.45) is 5.01. The van der Waals surface area contributed by atoms with Crippen molar-refractivity contribution < 1.29 is 0 Å². The Labute approximate surface area is 100 Å². The van der Waals surface area contributed by atoms with Crippen LogP contribution in [0.1, 0.15) is 39.4 Å². The summed E-state index contributed by atoms with van der Waals surface area (Å²) in [4.78, 5) is 4.87. The largest absolute Gasteiger partial charge is 0.250 e. The summed E-state index contributed by atoms with van der Waals surface area (Å²) in [6, 6.07) is 0. The third kappa shape index (κ3) is 4.33. The van der Waals surface area contributed by atoms with E-state index in [1.807, 2.05) is 4.68 Å². The van der Waals surface area contributed by atoms with Crippen molar-refractivity contribution in [1.29, 1.82) is 0 Å². The predicted octanol–water partition coefficient (Wildman–Crippen LogP) is 3.04. The van der Waals surface area contributed by atoms with Crippen LogP contribution in [0.15, 0.2) is 6.33 Å². The van der Waals surface area contributed by atoms with Crippen LogP contribution in [0.4, 0.5) is 0 Å². The zero-order valence-electron chi connectivity index (χ0n) is 9.78. The first-order valence-electron chi connectivity index (χ1n) is 5.64. The molecule has 1 atom stereocenters. The van der Waals surface area contributed by atoms with Crippen LogP contribution in [0.5, 0.6) is 0 Å². The SMILES string of the molecule is CCn1ncnc1CCC(Br)CC(C)C. The maximum Gasteiger partial charge on any atom is 0.138 e. The summed E-state index contributed by atoms with van der Waals surface area (Å²) in [6.45, 7) is 7.51. The third-order valence-corrected chi connectivity index (χ3v) is 3.24. The van der Waals surface area contributed by atoms with Crippen LogP contribution < -0.4 is 0 Å². The molecule has 15 heavy (non-hydrogen) atoms. The number of hydrogen-bond donors (Lipinski definition) is 0. The molecule has 0 spiro atoms. The molecule has 1 unspecified atom stereocenters. The van der Waals surface area contributed by atoms with Gasteiger partial charge in [-0.25, -0.2) is 4.98 Å². The van der Waals surface area contributed by atoms with Crippen LogP contribution in [0.3, 0.4) is 0 Å². The molecule has 1 rings (SSSR count). The highest BCUT2D eigenvalue weighted by molar-refractivity contribution is 9.09. The van der Waals surface area contributed by atoms with Crippen molar-refractivity contribution >= 4 is 15.9 Å². The van der Waals surface area contributed by atoms with Crippen molar-refractivity contribution in [2.24, 2.45) is 5.92 Å². The van der Waals surface area contributed by atoms with Crippen LogP contribution in [0, 0.1) is 5.92 Å². The second-order valence-electron chi connectivity index (χ2n) is 4.26. The molecule has 0 radical (unpaired) electrons. The van der Waals surface area contributed by atoms with E-state index >= 15 is 0 Å². The average Bonchev–Trinajstić information content (AvgIpc) is 2.60. The second kappa shape index (κ2) is 6.26. The molecule has 0 bridgehead atoms. The Morgan fingerprint density at radius 2 is 2.20 bits per heavy atom. The monoisotopic (exact) mass is 273 g/mol. The van der Waals surface area contributed by atoms with E-state index in [1.165, 1.54) is 6.42 Å². The number of hydrogen-bond acceptors (Lipinski definition) is 2. The van der Waals surface area contributed by atoms with Gasteiger partial charge in [-0.2, -0.15) is 5.10 Å². The molecule has 0 saturated heterocycles. The van der Waals surface area contributed by atoms with Gasteiger partial charge in [0.1, 0.15) is 12.2 Å². The van der Waals surface area contributed by atoms with Gasteiger partial charge in [-0.3, -0.25) is 4.68 Å². The molecule has 1 aromatic rings. The van der Waals surface area contributed by atoms with Crippen LogP contribution >= 0.6 is 15.9 Å². The number of aromatic nitrogens is 3. The van der Waals surface area contributed by atoms with Gasteiger partial charge < -0.3 is 0 Å². The molecule has 0 aliphatic rings. The van der Waals surface area contributed by atoms with E-state index in [2.05, 4.69) is 46.8 Å². The Kier molecular flexibility index (Phi) is 5.29. The topological polar surface area (TPSA) is 30.7 Å². The predicted molar refractivity (Wildman–Crippen MR) is 66.2 cm³/mol. The van der Waals surface area contributed by atoms with Crippen molar-refractivity contribution in [3.05, 3.63) is 12.2 Å². The van der Waals surface area contributed by atoms with Crippen molar-refractivity contribution in [2.45, 2.75) is 51.4 Å². The van der Waals surface area contributed by atoms with E-state index < -0.39 is 0 Å². The molecule has 0 N–H and O–H groups in total. The number of halogens is 1. The fraction of sp³-hybridized carbons (Fsp3) is 0.818. The molecule has 4 heteroatoms. The number of aryl methyl sites for hydroxylation is 2. The van der Waals surface area contributed by atoms with Crippen LogP contribution in [-0.4, -0.2) is 19.6 Å². The molecule has 1 aromatic heterocycles. The van der Waals surface area contributed by atoms with Crippen molar-refractivity contribution in [2.75, 3.05) is 0 Å². The number of alkyl halides is 1. The van der Waals surface area contributed by atoms with Gasteiger partial charge in [-0.15, -0.1) is 0 Å². The Morgan fingerprint density at radius 1 is 1.47 bits per heavy atom. The van der Waals surface area contributed by atoms with E-state index in [9.17, 15) is 0 Å². The molecule has 0 aromatic carbocycles. The maximum absolute atomic E-state index is 4.27. The van der Waals surface area contributed by atoms with Crippen molar-refractivity contribution in [1.82, 2.24) is 14.8 Å². The first-order chi connectivity index (χ1) is 7.13. The highest BCUT2D eigenvalue weighted by Gasteiger charge is 2.09. The van der Waals surface area contributed by atoms with Crippen LogP contribution in [0.25, 0.3) is 0 Å². The molecule has 0 aliphatic carbocycles. The van der Waals surface area contributed by atoms with Gasteiger partial charge in [0.25, 0.3) is 0 Å². The van der Waals surface area contributed by atoms with Crippen LogP contribution in [0.2, 0.25) is 0 Å². The molecule has 3 nitrogen and oxygen atoms in total. The smallest absolute Gasteiger partial charge is 0.138 e. The minimum atomic E-state index is 0.597. The molecule has 0 amide bonds. The Morgan fingerprint density at radius 3 is 2.80 bits per heavy atom. The van der Waals surface area contributed by atoms with Gasteiger partial charge in [-0.1, -0.05) is 29.8 Å². The van der Waals surface area contributed by atoms with Gasteiger partial charge in [0.15, 0.2) is 0 Å². The van der Waals surface area contributed by atoms with Gasteiger partial charge in [0.2, 0.25) is 0 Å². The van der Waals surface area contributed by atoms with E-state index in [0.717, 1.165) is 31.1 Å². The zero-order valence-corrected chi connectivity index (χ0v) is 11.4. The van der Waals surface area contributed by atoms with E-state index in [4.69, 9.17) is 0 Å². The quantitative estimate of drug-likeness (QED) is 0.746.